The minimum Gasteiger partial charge on any atom is -0.342 e. The first kappa shape index (κ1) is 14.5. The maximum Gasteiger partial charge on any atom is 0.227 e. The Morgan fingerprint density at radius 2 is 1.71 bits per heavy atom. The van der Waals surface area contributed by atoms with Gasteiger partial charge in [-0.15, -0.1) is 0 Å². The summed E-state index contributed by atoms with van der Waals surface area (Å²) in [5.74, 6) is 1.41. The quantitative estimate of drug-likeness (QED) is 0.801. The molecule has 0 heterocycles. The lowest BCUT2D eigenvalue weighted by molar-refractivity contribution is -0.136. The Morgan fingerprint density at radius 1 is 1.18 bits per heavy atom. The van der Waals surface area contributed by atoms with E-state index in [0.717, 1.165) is 32.4 Å². The topological polar surface area (TPSA) is 46.3 Å². The number of carbonyl (C=O) groups excluding carboxylic acids is 1. The third-order valence-corrected chi connectivity index (χ3v) is 3.37. The van der Waals surface area contributed by atoms with Crippen LogP contribution in [0.25, 0.3) is 0 Å². The Hall–Kier alpha value is -0.570. The highest BCUT2D eigenvalue weighted by atomic mass is 16.2. The molecule has 1 amide bonds. The summed E-state index contributed by atoms with van der Waals surface area (Å²) in [4.78, 5) is 14.5. The zero-order chi connectivity index (χ0) is 13.0. The van der Waals surface area contributed by atoms with Crippen LogP contribution in [0, 0.1) is 17.8 Å². The molecule has 0 aromatic rings. The number of carbonyl (C=O) groups is 1. The third-order valence-electron chi connectivity index (χ3n) is 3.37. The summed E-state index contributed by atoms with van der Waals surface area (Å²) >= 11 is 0. The SMILES string of the molecule is CC(C)CN(CC(C)C)C(=O)C1CCCC1N. The van der Waals surface area contributed by atoms with Crippen molar-refractivity contribution in [2.24, 2.45) is 23.5 Å². The molecule has 1 saturated carbocycles. The minimum atomic E-state index is 0.0764. The molecule has 1 aliphatic carbocycles. The van der Waals surface area contributed by atoms with Crippen LogP contribution in [0.4, 0.5) is 0 Å². The van der Waals surface area contributed by atoms with Crippen LogP contribution in [-0.4, -0.2) is 29.9 Å². The Bertz CT molecular complexity index is 241. The van der Waals surface area contributed by atoms with Crippen LogP contribution in [-0.2, 0) is 4.79 Å². The molecule has 0 saturated heterocycles. The molecule has 2 unspecified atom stereocenters. The van der Waals surface area contributed by atoms with Gasteiger partial charge in [-0.05, 0) is 24.7 Å². The maximum atomic E-state index is 12.5. The van der Waals surface area contributed by atoms with Gasteiger partial charge in [0.15, 0.2) is 0 Å². The second-order valence-electron chi connectivity index (χ2n) is 6.23. The maximum absolute atomic E-state index is 12.5. The van der Waals surface area contributed by atoms with Gasteiger partial charge in [-0.3, -0.25) is 4.79 Å². The summed E-state index contributed by atoms with van der Waals surface area (Å²) in [7, 11) is 0. The number of nitrogens with two attached hydrogens (primary N) is 1. The van der Waals surface area contributed by atoms with Gasteiger partial charge < -0.3 is 10.6 Å². The van der Waals surface area contributed by atoms with E-state index in [0.29, 0.717) is 11.8 Å². The van der Waals surface area contributed by atoms with Gasteiger partial charge >= 0.3 is 0 Å². The zero-order valence-electron chi connectivity index (χ0n) is 11.8. The van der Waals surface area contributed by atoms with Gasteiger partial charge in [-0.2, -0.15) is 0 Å². The molecular weight excluding hydrogens is 212 g/mol. The average Bonchev–Trinajstić information content (AvgIpc) is 2.61. The average molecular weight is 240 g/mol. The fourth-order valence-corrected chi connectivity index (χ4v) is 2.67. The Balaban J connectivity index is 2.64. The van der Waals surface area contributed by atoms with Gasteiger partial charge in [0.25, 0.3) is 0 Å². The van der Waals surface area contributed by atoms with Crippen LogP contribution in [0.2, 0.25) is 0 Å². The van der Waals surface area contributed by atoms with Crippen LogP contribution >= 0.6 is 0 Å². The van der Waals surface area contributed by atoms with Gasteiger partial charge in [0.05, 0.1) is 5.92 Å². The molecule has 3 nitrogen and oxygen atoms in total. The third kappa shape index (κ3) is 4.30. The van der Waals surface area contributed by atoms with E-state index in [1.807, 2.05) is 4.90 Å². The molecule has 0 radical (unpaired) electrons. The molecule has 3 heteroatoms. The lowest BCUT2D eigenvalue weighted by Crippen LogP contribution is -2.44. The Morgan fingerprint density at radius 3 is 2.06 bits per heavy atom. The molecule has 2 N–H and O–H groups in total. The zero-order valence-corrected chi connectivity index (χ0v) is 11.8. The summed E-state index contributed by atoms with van der Waals surface area (Å²) in [6, 6.07) is 0.0873. The van der Waals surface area contributed by atoms with E-state index in [-0.39, 0.29) is 17.9 Å². The number of hydrogen-bond acceptors (Lipinski definition) is 2. The van der Waals surface area contributed by atoms with E-state index in [4.69, 9.17) is 5.73 Å². The first-order chi connectivity index (χ1) is 7.91. The van der Waals surface area contributed by atoms with Crippen molar-refractivity contribution < 1.29 is 4.79 Å². The van der Waals surface area contributed by atoms with E-state index in [1.54, 1.807) is 0 Å². The highest BCUT2D eigenvalue weighted by molar-refractivity contribution is 5.80. The molecule has 1 rings (SSSR count). The van der Waals surface area contributed by atoms with Crippen molar-refractivity contribution >= 4 is 5.91 Å². The number of hydrogen-bond donors (Lipinski definition) is 1. The monoisotopic (exact) mass is 240 g/mol. The first-order valence-electron chi connectivity index (χ1n) is 6.96. The summed E-state index contributed by atoms with van der Waals surface area (Å²) in [6.45, 7) is 10.4. The fraction of sp³-hybridized carbons (Fsp3) is 0.929. The first-order valence-corrected chi connectivity index (χ1v) is 6.96. The largest absolute Gasteiger partial charge is 0.342 e. The van der Waals surface area contributed by atoms with E-state index in [1.165, 1.54) is 0 Å². The van der Waals surface area contributed by atoms with Crippen molar-refractivity contribution in [2.75, 3.05) is 13.1 Å². The fourth-order valence-electron chi connectivity index (χ4n) is 2.67. The van der Waals surface area contributed by atoms with Crippen molar-refractivity contribution in [2.45, 2.75) is 53.0 Å². The number of amides is 1. The van der Waals surface area contributed by atoms with Gasteiger partial charge in [-0.25, -0.2) is 0 Å². The minimum absolute atomic E-state index is 0.0764. The molecule has 17 heavy (non-hydrogen) atoms. The standard InChI is InChI=1S/C14H28N2O/c1-10(2)8-16(9-11(3)4)14(17)12-6-5-7-13(12)15/h10-13H,5-9,15H2,1-4H3. The van der Waals surface area contributed by atoms with Crippen molar-refractivity contribution in [3.63, 3.8) is 0 Å². The molecular formula is C14H28N2O. The Labute approximate surface area is 106 Å². The molecule has 0 spiro atoms. The predicted octanol–water partition coefficient (Wildman–Crippen LogP) is 2.25. The van der Waals surface area contributed by atoms with Crippen molar-refractivity contribution in [1.29, 1.82) is 0 Å². The normalized spacial score (nSPS) is 24.6. The smallest absolute Gasteiger partial charge is 0.227 e. The predicted molar refractivity (Wildman–Crippen MR) is 71.6 cm³/mol. The molecule has 0 aromatic carbocycles. The number of rotatable bonds is 5. The second-order valence-corrected chi connectivity index (χ2v) is 6.23. The van der Waals surface area contributed by atoms with Crippen LogP contribution in [0.1, 0.15) is 47.0 Å². The van der Waals surface area contributed by atoms with Crippen molar-refractivity contribution in [1.82, 2.24) is 4.90 Å². The summed E-state index contributed by atoms with van der Waals surface area (Å²) in [5.41, 5.74) is 6.03. The molecule has 1 aliphatic rings. The molecule has 0 aliphatic heterocycles. The van der Waals surface area contributed by atoms with E-state index < -0.39 is 0 Å². The summed E-state index contributed by atoms with van der Waals surface area (Å²) in [5, 5.41) is 0. The van der Waals surface area contributed by atoms with Crippen LogP contribution in [0.15, 0.2) is 0 Å². The van der Waals surface area contributed by atoms with Crippen LogP contribution < -0.4 is 5.73 Å². The highest BCUT2D eigenvalue weighted by Crippen LogP contribution is 2.26. The van der Waals surface area contributed by atoms with E-state index in [2.05, 4.69) is 27.7 Å². The lowest BCUT2D eigenvalue weighted by atomic mass is 10.0. The van der Waals surface area contributed by atoms with Crippen molar-refractivity contribution in [3.05, 3.63) is 0 Å². The Kier molecular flexibility index (Phi) is 5.44. The summed E-state index contributed by atoms with van der Waals surface area (Å²) in [6.07, 6.45) is 3.09. The molecule has 0 aromatic heterocycles. The molecule has 0 bridgehead atoms. The highest BCUT2D eigenvalue weighted by Gasteiger charge is 2.33. The van der Waals surface area contributed by atoms with Gasteiger partial charge in [0, 0.05) is 19.1 Å². The van der Waals surface area contributed by atoms with E-state index in [9.17, 15) is 4.79 Å². The molecule has 2 atom stereocenters. The van der Waals surface area contributed by atoms with Crippen LogP contribution in [0.5, 0.6) is 0 Å². The molecule has 100 valence electrons. The van der Waals surface area contributed by atoms with E-state index >= 15 is 0 Å². The van der Waals surface area contributed by atoms with Crippen LogP contribution in [0.3, 0.4) is 0 Å². The van der Waals surface area contributed by atoms with Gasteiger partial charge in [-0.1, -0.05) is 34.1 Å². The number of nitrogens with zero attached hydrogens (tertiary/aromatic N) is 1. The molecule has 1 fully saturated rings. The second kappa shape index (κ2) is 6.39. The lowest BCUT2D eigenvalue weighted by Gasteiger charge is -2.30. The van der Waals surface area contributed by atoms with Crippen molar-refractivity contribution in [3.8, 4) is 0 Å². The summed E-state index contributed by atoms with van der Waals surface area (Å²) < 4.78 is 0. The van der Waals surface area contributed by atoms with Gasteiger partial charge in [0.1, 0.15) is 0 Å². The van der Waals surface area contributed by atoms with Gasteiger partial charge in [0.2, 0.25) is 5.91 Å².